The summed E-state index contributed by atoms with van der Waals surface area (Å²) < 4.78 is 31.2. The van der Waals surface area contributed by atoms with Gasteiger partial charge < -0.3 is 4.74 Å². The number of benzene rings is 2. The fourth-order valence-corrected chi connectivity index (χ4v) is 3.43. The highest BCUT2D eigenvalue weighted by molar-refractivity contribution is 7.92. The van der Waals surface area contributed by atoms with Crippen molar-refractivity contribution >= 4 is 27.9 Å². The quantitative estimate of drug-likeness (QED) is 0.528. The van der Waals surface area contributed by atoms with Crippen molar-refractivity contribution in [3.05, 3.63) is 75.7 Å². The molecule has 0 bridgehead atoms. The Morgan fingerprint density at radius 2 is 1.66 bits per heavy atom. The van der Waals surface area contributed by atoms with Crippen LogP contribution < -0.4 is 4.72 Å². The number of carbonyl (C=O) groups is 2. The molecule has 0 aliphatic heterocycles. The first-order valence-corrected chi connectivity index (χ1v) is 10.7. The summed E-state index contributed by atoms with van der Waals surface area (Å²) in [6, 6.07) is 12.6. The summed E-state index contributed by atoms with van der Waals surface area (Å²) in [4.78, 5) is 24.6. The minimum atomic E-state index is -3.82. The minimum absolute atomic E-state index is 0.328. The molecule has 0 aliphatic carbocycles. The van der Waals surface area contributed by atoms with Gasteiger partial charge in [0.15, 0.2) is 6.10 Å². The van der Waals surface area contributed by atoms with Crippen LogP contribution in [-0.4, -0.2) is 32.8 Å². The van der Waals surface area contributed by atoms with Crippen LogP contribution in [0.3, 0.4) is 0 Å². The number of aryl methyl sites for hydroxylation is 3. The molecule has 29 heavy (non-hydrogen) atoms. The van der Waals surface area contributed by atoms with E-state index in [1.807, 2.05) is 32.9 Å². The summed E-state index contributed by atoms with van der Waals surface area (Å²) in [5.41, 5.74) is 4.04. The Balaban J connectivity index is 1.94. The maximum absolute atomic E-state index is 12.6. The zero-order valence-electron chi connectivity index (χ0n) is 16.9. The standard InChI is InChI=1S/C22H25NO5S/c1-15-12-17(3)20(13-16(15)2)22(25)18(4)28-21(24)14-23-29(26,27)11-10-19-8-6-5-7-9-19/h5-13,18,23H,14H2,1-4H3/b11-10+/t18-/m0/s1. The largest absolute Gasteiger partial charge is 0.453 e. The molecular formula is C22H25NO5S. The molecule has 7 heteroatoms. The summed E-state index contributed by atoms with van der Waals surface area (Å²) in [6.07, 6.45) is 0.398. The zero-order chi connectivity index (χ0) is 21.6. The van der Waals surface area contributed by atoms with E-state index in [1.54, 1.807) is 30.3 Å². The second-order valence-corrected chi connectivity index (χ2v) is 8.48. The van der Waals surface area contributed by atoms with E-state index < -0.39 is 28.6 Å². The van der Waals surface area contributed by atoms with Crippen LogP contribution in [-0.2, 0) is 19.6 Å². The summed E-state index contributed by atoms with van der Waals surface area (Å²) in [5.74, 6) is -1.16. The van der Waals surface area contributed by atoms with E-state index >= 15 is 0 Å². The average molecular weight is 416 g/mol. The van der Waals surface area contributed by atoms with E-state index in [1.165, 1.54) is 13.0 Å². The van der Waals surface area contributed by atoms with Crippen molar-refractivity contribution in [3.8, 4) is 0 Å². The molecule has 0 saturated carbocycles. The van der Waals surface area contributed by atoms with Crippen molar-refractivity contribution in [3.63, 3.8) is 0 Å². The van der Waals surface area contributed by atoms with Crippen molar-refractivity contribution < 1.29 is 22.7 Å². The average Bonchev–Trinajstić information content (AvgIpc) is 2.68. The molecule has 0 saturated heterocycles. The third-order valence-corrected chi connectivity index (χ3v) is 5.48. The van der Waals surface area contributed by atoms with E-state index in [9.17, 15) is 18.0 Å². The van der Waals surface area contributed by atoms with Gasteiger partial charge in [-0.2, -0.15) is 0 Å². The van der Waals surface area contributed by atoms with Crippen LogP contribution in [0.4, 0.5) is 0 Å². The summed E-state index contributed by atoms with van der Waals surface area (Å²) >= 11 is 0. The van der Waals surface area contributed by atoms with Gasteiger partial charge in [0.1, 0.15) is 6.54 Å². The number of ether oxygens (including phenoxy) is 1. The third-order valence-electron chi connectivity index (χ3n) is 4.44. The molecule has 0 spiro atoms. The highest BCUT2D eigenvalue weighted by Gasteiger charge is 2.22. The molecule has 2 aromatic rings. The minimum Gasteiger partial charge on any atom is -0.453 e. The summed E-state index contributed by atoms with van der Waals surface area (Å²) in [5, 5.41) is 0.975. The first kappa shape index (κ1) is 22.5. The van der Waals surface area contributed by atoms with Gasteiger partial charge in [-0.1, -0.05) is 36.4 Å². The first-order valence-electron chi connectivity index (χ1n) is 9.13. The lowest BCUT2D eigenvalue weighted by atomic mass is 9.96. The molecule has 1 atom stereocenters. The Hall–Kier alpha value is -2.77. The van der Waals surface area contributed by atoms with Crippen LogP contribution >= 0.6 is 0 Å². The lowest BCUT2D eigenvalue weighted by Gasteiger charge is -2.15. The van der Waals surface area contributed by atoms with E-state index in [4.69, 9.17) is 4.74 Å². The van der Waals surface area contributed by atoms with E-state index in [-0.39, 0.29) is 5.78 Å². The normalized spacial score (nSPS) is 12.7. The molecule has 6 nitrogen and oxygen atoms in total. The molecule has 0 aromatic heterocycles. The fraction of sp³-hybridized carbons (Fsp3) is 0.273. The Bertz CT molecular complexity index is 1030. The number of Topliss-reactive ketones (excluding diaryl/α,β-unsaturated/α-hetero) is 1. The topological polar surface area (TPSA) is 89.5 Å². The smallest absolute Gasteiger partial charge is 0.321 e. The van der Waals surface area contributed by atoms with Gasteiger partial charge >= 0.3 is 5.97 Å². The molecule has 2 rings (SSSR count). The molecule has 2 aromatic carbocycles. The molecule has 154 valence electrons. The van der Waals surface area contributed by atoms with Crippen LogP contribution in [0.15, 0.2) is 47.9 Å². The fourth-order valence-electron chi connectivity index (χ4n) is 2.68. The highest BCUT2D eigenvalue weighted by Crippen LogP contribution is 2.18. The van der Waals surface area contributed by atoms with Gasteiger partial charge in [-0.3, -0.25) is 9.59 Å². The highest BCUT2D eigenvalue weighted by atomic mass is 32.2. The zero-order valence-corrected chi connectivity index (χ0v) is 17.7. The monoisotopic (exact) mass is 415 g/mol. The lowest BCUT2D eigenvalue weighted by molar-refractivity contribution is -0.144. The van der Waals surface area contributed by atoms with Gasteiger partial charge in [0, 0.05) is 11.0 Å². The van der Waals surface area contributed by atoms with E-state index in [0.29, 0.717) is 11.1 Å². The van der Waals surface area contributed by atoms with Crippen molar-refractivity contribution in [1.29, 1.82) is 0 Å². The predicted molar refractivity (Wildman–Crippen MR) is 113 cm³/mol. The Labute approximate surface area is 171 Å². The predicted octanol–water partition coefficient (Wildman–Crippen LogP) is 3.32. The molecule has 0 unspecified atom stereocenters. The SMILES string of the molecule is Cc1cc(C)c(C(=O)[C@H](C)OC(=O)CNS(=O)(=O)/C=C/c2ccccc2)cc1C. The number of hydrogen-bond donors (Lipinski definition) is 1. The Morgan fingerprint density at radius 1 is 1.03 bits per heavy atom. The van der Waals surface area contributed by atoms with Gasteiger partial charge in [0.05, 0.1) is 0 Å². The number of rotatable bonds is 8. The van der Waals surface area contributed by atoms with Gasteiger partial charge in [0.2, 0.25) is 15.8 Å². The van der Waals surface area contributed by atoms with Crippen LogP contribution in [0.5, 0.6) is 0 Å². The van der Waals surface area contributed by atoms with Crippen LogP contribution in [0, 0.1) is 20.8 Å². The van der Waals surface area contributed by atoms with Gasteiger partial charge in [-0.25, -0.2) is 13.1 Å². The maximum Gasteiger partial charge on any atom is 0.321 e. The maximum atomic E-state index is 12.6. The number of carbonyl (C=O) groups excluding carboxylic acids is 2. The molecular weight excluding hydrogens is 390 g/mol. The van der Waals surface area contributed by atoms with Crippen molar-refractivity contribution in [1.82, 2.24) is 4.72 Å². The van der Waals surface area contributed by atoms with Crippen molar-refractivity contribution in [2.24, 2.45) is 0 Å². The molecule has 1 N–H and O–H groups in total. The number of sulfonamides is 1. The van der Waals surface area contributed by atoms with Gasteiger partial charge in [0.25, 0.3) is 0 Å². The molecule has 0 amide bonds. The Morgan fingerprint density at radius 3 is 2.31 bits per heavy atom. The number of hydrogen-bond acceptors (Lipinski definition) is 5. The van der Waals surface area contributed by atoms with Crippen LogP contribution in [0.25, 0.3) is 6.08 Å². The van der Waals surface area contributed by atoms with Crippen molar-refractivity contribution in [2.75, 3.05) is 6.54 Å². The van der Waals surface area contributed by atoms with E-state index in [2.05, 4.69) is 4.72 Å². The second kappa shape index (κ2) is 9.62. The summed E-state index contributed by atoms with van der Waals surface area (Å²) in [6.45, 7) is 6.59. The first-order chi connectivity index (χ1) is 13.6. The van der Waals surface area contributed by atoms with Gasteiger partial charge in [-0.05, 0) is 62.1 Å². The molecule has 0 fully saturated rings. The Kier molecular flexibility index (Phi) is 7.47. The number of nitrogens with one attached hydrogen (secondary N) is 1. The van der Waals surface area contributed by atoms with E-state index in [0.717, 1.165) is 22.1 Å². The number of ketones is 1. The second-order valence-electron chi connectivity index (χ2n) is 6.83. The van der Waals surface area contributed by atoms with Crippen LogP contribution in [0.2, 0.25) is 0 Å². The summed E-state index contributed by atoms with van der Waals surface area (Å²) in [7, 11) is -3.82. The lowest BCUT2D eigenvalue weighted by Crippen LogP contribution is -2.33. The van der Waals surface area contributed by atoms with Crippen LogP contribution in [0.1, 0.15) is 39.5 Å². The van der Waals surface area contributed by atoms with Gasteiger partial charge in [-0.15, -0.1) is 0 Å². The van der Waals surface area contributed by atoms with Crippen molar-refractivity contribution in [2.45, 2.75) is 33.8 Å². The molecule has 0 heterocycles. The molecule has 0 aliphatic rings. The number of esters is 1. The molecule has 0 radical (unpaired) electrons. The third kappa shape index (κ3) is 6.66.